The molecular formula is C13H13FN2O5S. The average Bonchev–Trinajstić information content (AvgIpc) is 2.76. The van der Waals surface area contributed by atoms with Crippen molar-refractivity contribution < 1.29 is 22.1 Å². The summed E-state index contributed by atoms with van der Waals surface area (Å²) in [6, 6.07) is 3.35. The zero-order valence-corrected chi connectivity index (χ0v) is 12.6. The van der Waals surface area contributed by atoms with Crippen LogP contribution in [0.15, 0.2) is 38.6 Å². The molecule has 2 rings (SSSR count). The summed E-state index contributed by atoms with van der Waals surface area (Å²) in [6.07, 6.45) is 2.19. The van der Waals surface area contributed by atoms with Crippen molar-refractivity contribution in [2.75, 3.05) is 6.26 Å². The molecule has 0 aliphatic rings. The van der Waals surface area contributed by atoms with E-state index >= 15 is 0 Å². The number of hydrogen-bond donors (Lipinski definition) is 1. The SMILES string of the molecule is CC(=O)NCn1cc(-c2ccc(S(C)(=O)=O)c(F)c2)c(=O)o1. The first-order valence-electron chi connectivity index (χ1n) is 6.13. The van der Waals surface area contributed by atoms with E-state index in [2.05, 4.69) is 5.32 Å². The van der Waals surface area contributed by atoms with Gasteiger partial charge in [0, 0.05) is 13.2 Å². The lowest BCUT2D eigenvalue weighted by Crippen LogP contribution is -2.22. The topological polar surface area (TPSA) is 98.4 Å². The molecule has 0 spiro atoms. The highest BCUT2D eigenvalue weighted by atomic mass is 32.2. The van der Waals surface area contributed by atoms with Crippen LogP contribution >= 0.6 is 0 Å². The minimum Gasteiger partial charge on any atom is -0.336 e. The van der Waals surface area contributed by atoms with Gasteiger partial charge in [-0.2, -0.15) is 4.74 Å². The standard InChI is InChI=1S/C13H13FN2O5S/c1-8(17)15-7-16-6-10(13(18)21-16)9-3-4-12(11(14)5-9)22(2,19)20/h3-6H,7H2,1-2H3,(H,15,17). The second-order valence-corrected chi connectivity index (χ2v) is 6.63. The molecule has 0 saturated heterocycles. The predicted octanol–water partition coefficient (Wildman–Crippen LogP) is 0.744. The number of carbonyl (C=O) groups is 1. The molecule has 0 aliphatic carbocycles. The molecule has 1 aromatic carbocycles. The fraction of sp³-hybridized carbons (Fsp3) is 0.231. The Hall–Kier alpha value is -2.42. The van der Waals surface area contributed by atoms with E-state index in [1.807, 2.05) is 0 Å². The number of rotatable bonds is 4. The third kappa shape index (κ3) is 3.42. The summed E-state index contributed by atoms with van der Waals surface area (Å²) in [4.78, 5) is 22.1. The minimum atomic E-state index is -3.68. The summed E-state index contributed by atoms with van der Waals surface area (Å²) in [7, 11) is -3.68. The molecular weight excluding hydrogens is 315 g/mol. The number of carbonyl (C=O) groups excluding carboxylic acids is 1. The van der Waals surface area contributed by atoms with Crippen LogP contribution in [0, 0.1) is 5.82 Å². The number of amides is 1. The second-order valence-electron chi connectivity index (χ2n) is 4.65. The number of nitrogens with one attached hydrogen (secondary N) is 1. The van der Waals surface area contributed by atoms with E-state index in [0.717, 1.165) is 23.1 Å². The fourth-order valence-electron chi connectivity index (χ4n) is 1.81. The number of halogens is 1. The number of nitrogens with zero attached hydrogens (tertiary/aromatic N) is 1. The monoisotopic (exact) mass is 328 g/mol. The van der Waals surface area contributed by atoms with E-state index in [9.17, 15) is 22.4 Å². The van der Waals surface area contributed by atoms with Crippen molar-refractivity contribution in [2.24, 2.45) is 0 Å². The van der Waals surface area contributed by atoms with Crippen LogP contribution in [0.4, 0.5) is 4.39 Å². The molecule has 0 fully saturated rings. The van der Waals surface area contributed by atoms with Gasteiger partial charge in [0.15, 0.2) is 9.84 Å². The summed E-state index contributed by atoms with van der Waals surface area (Å²) in [5, 5.41) is 2.43. The molecule has 1 heterocycles. The molecule has 0 saturated carbocycles. The van der Waals surface area contributed by atoms with Crippen molar-refractivity contribution >= 4 is 15.7 Å². The van der Waals surface area contributed by atoms with Gasteiger partial charge in [-0.3, -0.25) is 4.79 Å². The van der Waals surface area contributed by atoms with Gasteiger partial charge in [0.2, 0.25) is 5.91 Å². The molecule has 9 heteroatoms. The smallest absolute Gasteiger partial charge is 0.336 e. The van der Waals surface area contributed by atoms with Crippen LogP contribution in [0.25, 0.3) is 11.1 Å². The highest BCUT2D eigenvalue weighted by molar-refractivity contribution is 7.90. The Morgan fingerprint density at radius 3 is 2.64 bits per heavy atom. The maximum absolute atomic E-state index is 13.8. The summed E-state index contributed by atoms with van der Waals surface area (Å²) >= 11 is 0. The van der Waals surface area contributed by atoms with Crippen molar-refractivity contribution in [1.29, 1.82) is 0 Å². The average molecular weight is 328 g/mol. The van der Waals surface area contributed by atoms with E-state index < -0.39 is 26.2 Å². The van der Waals surface area contributed by atoms with Crippen molar-refractivity contribution in [1.82, 2.24) is 10.1 Å². The predicted molar refractivity (Wildman–Crippen MR) is 75.3 cm³/mol. The molecule has 22 heavy (non-hydrogen) atoms. The Labute approximate surface area is 125 Å². The molecule has 0 unspecified atom stereocenters. The molecule has 1 aromatic heterocycles. The van der Waals surface area contributed by atoms with Gasteiger partial charge in [0.25, 0.3) is 0 Å². The maximum atomic E-state index is 13.8. The van der Waals surface area contributed by atoms with E-state index in [4.69, 9.17) is 4.52 Å². The molecule has 118 valence electrons. The largest absolute Gasteiger partial charge is 0.365 e. The summed E-state index contributed by atoms with van der Waals surface area (Å²) < 4.78 is 42.5. The maximum Gasteiger partial charge on any atom is 0.365 e. The van der Waals surface area contributed by atoms with Crippen LogP contribution in [0.2, 0.25) is 0 Å². The van der Waals surface area contributed by atoms with E-state index in [1.54, 1.807) is 0 Å². The first kappa shape index (κ1) is 16.0. The van der Waals surface area contributed by atoms with Crippen LogP contribution in [0.1, 0.15) is 6.92 Å². The van der Waals surface area contributed by atoms with E-state index in [-0.39, 0.29) is 23.7 Å². The second kappa shape index (κ2) is 5.76. The van der Waals surface area contributed by atoms with E-state index in [0.29, 0.717) is 0 Å². The number of aromatic nitrogens is 1. The van der Waals surface area contributed by atoms with E-state index in [1.165, 1.54) is 19.2 Å². The lowest BCUT2D eigenvalue weighted by Gasteiger charge is -2.02. The Morgan fingerprint density at radius 1 is 1.41 bits per heavy atom. The fourth-order valence-corrected chi connectivity index (χ4v) is 2.54. The van der Waals surface area contributed by atoms with Crippen molar-refractivity contribution in [3.63, 3.8) is 0 Å². The Kier molecular flexibility index (Phi) is 4.18. The van der Waals surface area contributed by atoms with Crippen molar-refractivity contribution in [3.8, 4) is 11.1 Å². The highest BCUT2D eigenvalue weighted by Gasteiger charge is 2.16. The summed E-state index contributed by atoms with van der Waals surface area (Å²) in [5.74, 6) is -1.25. The summed E-state index contributed by atoms with van der Waals surface area (Å²) in [6.45, 7) is 1.26. The van der Waals surface area contributed by atoms with Crippen molar-refractivity contribution in [2.45, 2.75) is 18.5 Å². The molecule has 2 aromatic rings. The lowest BCUT2D eigenvalue weighted by molar-refractivity contribution is -0.119. The number of hydrogen-bond acceptors (Lipinski definition) is 5. The minimum absolute atomic E-state index is 0.0471. The molecule has 7 nitrogen and oxygen atoms in total. The van der Waals surface area contributed by atoms with Gasteiger partial charge in [-0.05, 0) is 17.7 Å². The Bertz CT molecular complexity index is 882. The van der Waals surface area contributed by atoms with Gasteiger partial charge in [-0.25, -0.2) is 17.6 Å². The molecule has 0 bridgehead atoms. The summed E-state index contributed by atoms with van der Waals surface area (Å²) in [5.41, 5.74) is -0.485. The third-order valence-corrected chi connectivity index (χ3v) is 3.95. The van der Waals surface area contributed by atoms with Crippen LogP contribution in [-0.2, 0) is 21.3 Å². The zero-order chi connectivity index (χ0) is 16.5. The molecule has 1 amide bonds. The van der Waals surface area contributed by atoms with Gasteiger partial charge >= 0.3 is 5.63 Å². The van der Waals surface area contributed by atoms with Gasteiger partial charge in [0.1, 0.15) is 17.4 Å². The molecule has 0 aliphatic heterocycles. The first-order chi connectivity index (χ1) is 10.2. The Balaban J connectivity index is 2.39. The number of sulfone groups is 1. The van der Waals surface area contributed by atoms with Gasteiger partial charge in [0.05, 0.1) is 11.8 Å². The van der Waals surface area contributed by atoms with Crippen LogP contribution < -0.4 is 10.9 Å². The van der Waals surface area contributed by atoms with Crippen LogP contribution in [0.3, 0.4) is 0 Å². The lowest BCUT2D eigenvalue weighted by atomic mass is 10.1. The quantitative estimate of drug-likeness (QED) is 0.893. The molecule has 0 atom stereocenters. The third-order valence-electron chi connectivity index (χ3n) is 2.82. The van der Waals surface area contributed by atoms with Crippen LogP contribution in [0.5, 0.6) is 0 Å². The number of benzene rings is 1. The normalized spacial score (nSPS) is 11.4. The van der Waals surface area contributed by atoms with Gasteiger partial charge in [-0.15, -0.1) is 0 Å². The molecule has 0 radical (unpaired) electrons. The first-order valence-corrected chi connectivity index (χ1v) is 8.03. The van der Waals surface area contributed by atoms with Gasteiger partial charge in [-0.1, -0.05) is 6.07 Å². The highest BCUT2D eigenvalue weighted by Crippen LogP contribution is 2.22. The van der Waals surface area contributed by atoms with Crippen LogP contribution in [-0.4, -0.2) is 25.3 Å². The van der Waals surface area contributed by atoms with Gasteiger partial charge < -0.3 is 9.84 Å². The molecule has 1 N–H and O–H groups in total. The van der Waals surface area contributed by atoms with Crippen molar-refractivity contribution in [3.05, 3.63) is 40.6 Å². The zero-order valence-electron chi connectivity index (χ0n) is 11.8. The Morgan fingerprint density at radius 2 is 2.09 bits per heavy atom.